The van der Waals surface area contributed by atoms with Crippen LogP contribution in [-0.4, -0.2) is 29.3 Å². The second kappa shape index (κ2) is 12.8. The van der Waals surface area contributed by atoms with Crippen molar-refractivity contribution in [2.24, 2.45) is 0 Å². The van der Waals surface area contributed by atoms with E-state index in [4.69, 9.17) is 10.2 Å². The number of hydrogen-bond acceptors (Lipinski definition) is 9. The smallest absolute Gasteiger partial charge is 0.343 e. The molecular weight excluding hydrogens is 580 g/mol. The zero-order valence-corrected chi connectivity index (χ0v) is 24.4. The molecule has 0 saturated carbocycles. The maximum atomic E-state index is 12.4. The Morgan fingerprint density at radius 3 is 2.25 bits per heavy atom. The van der Waals surface area contributed by atoms with Crippen molar-refractivity contribution >= 4 is 49.3 Å². The molecule has 4 aromatic carbocycles. The highest BCUT2D eigenvalue weighted by atomic mass is 32.2. The molecule has 0 saturated heterocycles. The lowest BCUT2D eigenvalue weighted by molar-refractivity contribution is -0.117. The molecule has 6 aromatic rings. The van der Waals surface area contributed by atoms with Gasteiger partial charge in [0.05, 0.1) is 33.1 Å². The highest BCUT2D eigenvalue weighted by Gasteiger charge is 2.25. The van der Waals surface area contributed by atoms with E-state index in [9.17, 15) is 23.1 Å². The number of carbonyl (C=O) groups excluding carboxylic acids is 1. The van der Waals surface area contributed by atoms with E-state index in [2.05, 4.69) is 14.7 Å². The van der Waals surface area contributed by atoms with Crippen molar-refractivity contribution in [3.8, 4) is 5.75 Å². The normalized spacial score (nSPS) is 11.8. The summed E-state index contributed by atoms with van der Waals surface area (Å²) in [6.07, 6.45) is 1.51. The molecule has 0 bridgehead atoms. The SMILES string of the molecule is CC(=O)CC(c1ccccc1)c1c(O)c2ccccc2oc1=O.Nc1ccc(S(=O)(=O)Nc2cnc3ccccc3n2)cc1. The van der Waals surface area contributed by atoms with Crippen LogP contribution in [0.2, 0.25) is 0 Å². The largest absolute Gasteiger partial charge is 0.507 e. The van der Waals surface area contributed by atoms with Gasteiger partial charge in [0.2, 0.25) is 0 Å². The Hall–Kier alpha value is -5.55. The Morgan fingerprint density at radius 2 is 1.55 bits per heavy atom. The molecule has 11 heteroatoms. The van der Waals surface area contributed by atoms with E-state index in [0.29, 0.717) is 27.7 Å². The first-order valence-corrected chi connectivity index (χ1v) is 15.0. The van der Waals surface area contributed by atoms with Crippen molar-refractivity contribution in [2.75, 3.05) is 10.5 Å². The fraction of sp³-hybridized carbons (Fsp3) is 0.0909. The van der Waals surface area contributed by atoms with Crippen LogP contribution in [0.4, 0.5) is 11.5 Å². The number of sulfonamides is 1. The fourth-order valence-corrected chi connectivity index (χ4v) is 5.65. The number of para-hydroxylation sites is 3. The Balaban J connectivity index is 0.000000175. The summed E-state index contributed by atoms with van der Waals surface area (Å²) < 4.78 is 32.2. The molecule has 0 aliphatic heterocycles. The van der Waals surface area contributed by atoms with Crippen LogP contribution in [0.25, 0.3) is 22.0 Å². The summed E-state index contributed by atoms with van der Waals surface area (Å²) in [4.78, 5) is 32.6. The number of ketones is 1. The Bertz CT molecular complexity index is 2120. The van der Waals surface area contributed by atoms with Crippen molar-refractivity contribution in [1.29, 1.82) is 0 Å². The molecule has 0 fully saturated rings. The summed E-state index contributed by atoms with van der Waals surface area (Å²) in [5.74, 6) is -0.544. The quantitative estimate of drug-likeness (QED) is 0.154. The lowest BCUT2D eigenvalue weighted by Crippen LogP contribution is -2.16. The molecule has 10 nitrogen and oxygen atoms in total. The zero-order chi connectivity index (χ0) is 31.3. The van der Waals surface area contributed by atoms with Gasteiger partial charge in [0.15, 0.2) is 5.82 Å². The van der Waals surface area contributed by atoms with E-state index in [1.165, 1.54) is 37.4 Å². The third-order valence-electron chi connectivity index (χ3n) is 6.74. The highest BCUT2D eigenvalue weighted by Crippen LogP contribution is 2.36. The predicted molar refractivity (Wildman–Crippen MR) is 169 cm³/mol. The molecule has 4 N–H and O–H groups in total. The molecule has 0 aliphatic rings. The Morgan fingerprint density at radius 1 is 0.909 bits per heavy atom. The first-order valence-electron chi connectivity index (χ1n) is 13.5. The number of benzene rings is 4. The minimum absolute atomic E-state index is 0.0641. The van der Waals surface area contributed by atoms with E-state index < -0.39 is 21.6 Å². The van der Waals surface area contributed by atoms with Crippen molar-refractivity contribution in [2.45, 2.75) is 24.2 Å². The van der Waals surface area contributed by atoms with Gasteiger partial charge in [-0.2, -0.15) is 0 Å². The number of nitrogens with zero attached hydrogens (tertiary/aromatic N) is 2. The zero-order valence-electron chi connectivity index (χ0n) is 23.5. The number of hydrogen-bond donors (Lipinski definition) is 3. The minimum Gasteiger partial charge on any atom is -0.507 e. The molecular formula is C33H28N4O6S. The van der Waals surface area contributed by atoms with Gasteiger partial charge in [0.25, 0.3) is 10.0 Å². The number of aromatic nitrogens is 2. The van der Waals surface area contributed by atoms with Crippen LogP contribution in [0, 0.1) is 0 Å². The summed E-state index contributed by atoms with van der Waals surface area (Å²) in [5, 5.41) is 11.1. The fourth-order valence-electron chi connectivity index (χ4n) is 4.66. The van der Waals surface area contributed by atoms with Gasteiger partial charge in [-0.3, -0.25) is 14.5 Å². The van der Waals surface area contributed by atoms with E-state index in [1.807, 2.05) is 42.5 Å². The minimum atomic E-state index is -3.71. The number of aromatic hydroxyl groups is 1. The van der Waals surface area contributed by atoms with Crippen LogP contribution in [0.5, 0.6) is 5.75 Å². The van der Waals surface area contributed by atoms with Crippen LogP contribution < -0.4 is 16.1 Å². The standard InChI is InChI=1S/C19H16O4.C14H12N4O2S/c1-12(20)11-15(13-7-3-2-4-8-13)17-18(21)14-9-5-6-10-16(14)23-19(17)22;15-10-5-7-11(8-6-10)21(19,20)18-14-9-16-12-3-1-2-4-13(12)17-14/h2-10,15,21H,11H2,1H3;1-9H,15H2,(H,17,18). The van der Waals surface area contributed by atoms with Crippen LogP contribution in [0.3, 0.4) is 0 Å². The number of rotatable bonds is 7. The monoisotopic (exact) mass is 608 g/mol. The first-order chi connectivity index (χ1) is 21.1. The van der Waals surface area contributed by atoms with Crippen LogP contribution in [-0.2, 0) is 14.8 Å². The average Bonchev–Trinajstić information content (AvgIpc) is 3.01. The third kappa shape index (κ3) is 6.74. The maximum absolute atomic E-state index is 12.4. The summed E-state index contributed by atoms with van der Waals surface area (Å²) in [6.45, 7) is 1.47. The number of fused-ring (bicyclic) bond motifs is 2. The summed E-state index contributed by atoms with van der Waals surface area (Å²) >= 11 is 0. The molecule has 1 unspecified atom stereocenters. The number of carbonyl (C=O) groups is 1. The second-order valence-electron chi connectivity index (χ2n) is 9.94. The van der Waals surface area contributed by atoms with Gasteiger partial charge in [0, 0.05) is 18.0 Å². The maximum Gasteiger partial charge on any atom is 0.343 e. The topological polar surface area (TPSA) is 165 Å². The Kier molecular flexibility index (Phi) is 8.68. The van der Waals surface area contributed by atoms with Gasteiger partial charge in [-0.25, -0.2) is 18.2 Å². The highest BCUT2D eigenvalue weighted by molar-refractivity contribution is 7.92. The number of nitrogens with one attached hydrogen (secondary N) is 1. The van der Waals surface area contributed by atoms with Gasteiger partial charge in [-0.15, -0.1) is 0 Å². The molecule has 6 rings (SSSR count). The van der Waals surface area contributed by atoms with Crippen LogP contribution in [0.1, 0.15) is 30.4 Å². The predicted octanol–water partition coefficient (Wildman–Crippen LogP) is 5.62. The van der Waals surface area contributed by atoms with Crippen LogP contribution in [0.15, 0.2) is 123 Å². The Labute approximate surface area is 252 Å². The number of Topliss-reactive ketones (excluding diaryl/α,β-unsaturated/α-hetero) is 1. The van der Waals surface area contributed by atoms with Gasteiger partial charge in [-0.05, 0) is 61.0 Å². The van der Waals surface area contributed by atoms with E-state index >= 15 is 0 Å². The molecule has 0 spiro atoms. The van der Waals surface area contributed by atoms with Crippen molar-refractivity contribution in [3.05, 3.63) is 131 Å². The lowest BCUT2D eigenvalue weighted by atomic mass is 9.87. The molecule has 0 aliphatic carbocycles. The number of nitrogen functional groups attached to an aromatic ring is 1. The molecule has 0 radical (unpaired) electrons. The van der Waals surface area contributed by atoms with Gasteiger partial charge >= 0.3 is 5.63 Å². The van der Waals surface area contributed by atoms with Gasteiger partial charge < -0.3 is 15.3 Å². The van der Waals surface area contributed by atoms with Crippen molar-refractivity contribution < 1.29 is 22.7 Å². The second-order valence-corrected chi connectivity index (χ2v) is 11.6. The van der Waals surface area contributed by atoms with E-state index in [1.54, 1.807) is 36.4 Å². The van der Waals surface area contributed by atoms with Crippen LogP contribution >= 0.6 is 0 Å². The summed E-state index contributed by atoms with van der Waals surface area (Å²) in [7, 11) is -3.71. The molecule has 2 aromatic heterocycles. The van der Waals surface area contributed by atoms with E-state index in [-0.39, 0.29) is 34.2 Å². The molecule has 1 atom stereocenters. The molecule has 2 heterocycles. The summed E-state index contributed by atoms with van der Waals surface area (Å²) in [5.41, 5.74) is 8.00. The summed E-state index contributed by atoms with van der Waals surface area (Å²) in [6, 6.07) is 29.2. The average molecular weight is 609 g/mol. The van der Waals surface area contributed by atoms with E-state index in [0.717, 1.165) is 5.56 Å². The van der Waals surface area contributed by atoms with Crippen molar-refractivity contribution in [3.63, 3.8) is 0 Å². The molecule has 0 amide bonds. The van der Waals surface area contributed by atoms with Gasteiger partial charge in [-0.1, -0.05) is 54.6 Å². The first kappa shape index (κ1) is 29.9. The van der Waals surface area contributed by atoms with Gasteiger partial charge in [0.1, 0.15) is 17.1 Å². The number of anilines is 2. The van der Waals surface area contributed by atoms with Crippen molar-refractivity contribution in [1.82, 2.24) is 9.97 Å². The molecule has 44 heavy (non-hydrogen) atoms. The molecule has 222 valence electrons. The lowest BCUT2D eigenvalue weighted by Gasteiger charge is -2.17. The number of nitrogens with two attached hydrogens (primary N) is 1. The third-order valence-corrected chi connectivity index (χ3v) is 8.11.